The standard InChI is InChI=1S/C14H11F2NO2S/c1-20-11-5-3-10(4-6-11)19-14(18)17-13-8-9(15)2-7-12(13)16/h2-8H,1H3,(H,17,18). The van der Waals surface area contributed by atoms with Gasteiger partial charge in [0.25, 0.3) is 0 Å². The summed E-state index contributed by atoms with van der Waals surface area (Å²) >= 11 is 1.56. The SMILES string of the molecule is CSc1ccc(OC(=O)Nc2cc(F)ccc2F)cc1. The van der Waals surface area contributed by atoms with Gasteiger partial charge in [-0.15, -0.1) is 11.8 Å². The summed E-state index contributed by atoms with van der Waals surface area (Å²) in [6.07, 6.45) is 1.04. The van der Waals surface area contributed by atoms with Gasteiger partial charge in [0, 0.05) is 11.0 Å². The Labute approximate surface area is 118 Å². The highest BCUT2D eigenvalue weighted by Gasteiger charge is 2.10. The van der Waals surface area contributed by atoms with E-state index in [4.69, 9.17) is 4.74 Å². The van der Waals surface area contributed by atoms with Crippen LogP contribution in [0.1, 0.15) is 0 Å². The van der Waals surface area contributed by atoms with Crippen molar-refractivity contribution in [3.63, 3.8) is 0 Å². The topological polar surface area (TPSA) is 38.3 Å². The van der Waals surface area contributed by atoms with E-state index < -0.39 is 17.7 Å². The van der Waals surface area contributed by atoms with Gasteiger partial charge in [-0.3, -0.25) is 5.32 Å². The molecular formula is C14H11F2NO2S. The number of amides is 1. The third-order valence-electron chi connectivity index (χ3n) is 2.44. The molecule has 20 heavy (non-hydrogen) atoms. The van der Waals surface area contributed by atoms with Crippen LogP contribution in [0, 0.1) is 11.6 Å². The number of ether oxygens (including phenoxy) is 1. The van der Waals surface area contributed by atoms with E-state index in [9.17, 15) is 13.6 Å². The first-order chi connectivity index (χ1) is 9.58. The zero-order chi connectivity index (χ0) is 14.5. The Hall–Kier alpha value is -2.08. The Bertz CT molecular complexity index is 617. The Kier molecular flexibility index (Phi) is 4.57. The molecule has 0 unspecified atom stereocenters. The largest absolute Gasteiger partial charge is 0.417 e. The molecule has 0 saturated heterocycles. The van der Waals surface area contributed by atoms with Crippen LogP contribution in [0.5, 0.6) is 5.75 Å². The second kappa shape index (κ2) is 6.38. The molecule has 0 saturated carbocycles. The Morgan fingerprint density at radius 3 is 2.50 bits per heavy atom. The summed E-state index contributed by atoms with van der Waals surface area (Å²) in [5.41, 5.74) is -0.268. The summed E-state index contributed by atoms with van der Waals surface area (Å²) in [5.74, 6) is -1.07. The van der Waals surface area contributed by atoms with E-state index in [0.29, 0.717) is 5.75 Å². The van der Waals surface area contributed by atoms with Crippen molar-refractivity contribution >= 4 is 23.5 Å². The van der Waals surface area contributed by atoms with Crippen LogP contribution in [0.3, 0.4) is 0 Å². The Morgan fingerprint density at radius 1 is 1.15 bits per heavy atom. The van der Waals surface area contributed by atoms with Crippen molar-refractivity contribution in [1.29, 1.82) is 0 Å². The number of anilines is 1. The molecule has 0 aliphatic rings. The van der Waals surface area contributed by atoms with Crippen LogP contribution < -0.4 is 10.1 Å². The zero-order valence-electron chi connectivity index (χ0n) is 10.5. The van der Waals surface area contributed by atoms with E-state index in [1.807, 2.05) is 6.26 Å². The fourth-order valence-corrected chi connectivity index (χ4v) is 1.89. The van der Waals surface area contributed by atoms with Crippen molar-refractivity contribution in [1.82, 2.24) is 0 Å². The molecule has 0 atom stereocenters. The number of hydrogen-bond acceptors (Lipinski definition) is 3. The van der Waals surface area contributed by atoms with Crippen LogP contribution in [0.25, 0.3) is 0 Å². The molecule has 3 nitrogen and oxygen atoms in total. The molecule has 2 aromatic carbocycles. The molecule has 2 aromatic rings. The first kappa shape index (κ1) is 14.3. The lowest BCUT2D eigenvalue weighted by atomic mass is 10.3. The lowest BCUT2D eigenvalue weighted by Crippen LogP contribution is -2.17. The number of nitrogens with one attached hydrogen (secondary N) is 1. The molecule has 0 aliphatic heterocycles. The zero-order valence-corrected chi connectivity index (χ0v) is 11.3. The van der Waals surface area contributed by atoms with Crippen molar-refractivity contribution in [2.45, 2.75) is 4.90 Å². The van der Waals surface area contributed by atoms with Gasteiger partial charge < -0.3 is 4.74 Å². The smallest absolute Gasteiger partial charge is 0.410 e. The van der Waals surface area contributed by atoms with Gasteiger partial charge in [-0.2, -0.15) is 0 Å². The second-order valence-corrected chi connectivity index (χ2v) is 4.69. The summed E-state index contributed by atoms with van der Waals surface area (Å²) in [7, 11) is 0. The van der Waals surface area contributed by atoms with E-state index in [1.165, 1.54) is 0 Å². The lowest BCUT2D eigenvalue weighted by molar-refractivity contribution is 0.215. The molecular weight excluding hydrogens is 284 g/mol. The maximum atomic E-state index is 13.3. The molecule has 0 aromatic heterocycles. The molecule has 0 fully saturated rings. The fraction of sp³-hybridized carbons (Fsp3) is 0.0714. The van der Waals surface area contributed by atoms with Crippen molar-refractivity contribution < 1.29 is 18.3 Å². The quantitative estimate of drug-likeness (QED) is 0.858. The second-order valence-electron chi connectivity index (χ2n) is 3.81. The number of halogens is 2. The van der Waals surface area contributed by atoms with Gasteiger partial charge in [-0.25, -0.2) is 13.6 Å². The maximum Gasteiger partial charge on any atom is 0.417 e. The number of hydrogen-bond donors (Lipinski definition) is 1. The predicted molar refractivity (Wildman–Crippen MR) is 74.2 cm³/mol. The minimum atomic E-state index is -0.883. The van der Waals surface area contributed by atoms with Crippen molar-refractivity contribution in [3.05, 3.63) is 54.1 Å². The van der Waals surface area contributed by atoms with Gasteiger partial charge in [-0.1, -0.05) is 0 Å². The molecule has 0 aliphatic carbocycles. The number of carbonyl (C=O) groups excluding carboxylic acids is 1. The number of carbonyl (C=O) groups is 1. The van der Waals surface area contributed by atoms with Crippen LogP contribution >= 0.6 is 11.8 Å². The van der Waals surface area contributed by atoms with Crippen LogP contribution in [0.2, 0.25) is 0 Å². The van der Waals surface area contributed by atoms with Gasteiger partial charge in [0.1, 0.15) is 17.4 Å². The third-order valence-corrected chi connectivity index (χ3v) is 3.18. The lowest BCUT2D eigenvalue weighted by Gasteiger charge is -2.08. The van der Waals surface area contributed by atoms with Gasteiger partial charge in [0.2, 0.25) is 0 Å². The highest BCUT2D eigenvalue weighted by atomic mass is 32.2. The number of benzene rings is 2. The third kappa shape index (κ3) is 3.71. The first-order valence-corrected chi connectivity index (χ1v) is 6.89. The van der Waals surface area contributed by atoms with Crippen LogP contribution in [-0.2, 0) is 0 Å². The van der Waals surface area contributed by atoms with Crippen LogP contribution in [0.15, 0.2) is 47.4 Å². The number of thioether (sulfide) groups is 1. The molecule has 0 bridgehead atoms. The van der Waals surface area contributed by atoms with Crippen molar-refractivity contribution in [3.8, 4) is 5.75 Å². The normalized spacial score (nSPS) is 10.2. The minimum absolute atomic E-state index is 0.268. The first-order valence-electron chi connectivity index (χ1n) is 5.66. The molecule has 104 valence electrons. The van der Waals surface area contributed by atoms with E-state index >= 15 is 0 Å². The van der Waals surface area contributed by atoms with Gasteiger partial charge >= 0.3 is 6.09 Å². The summed E-state index contributed by atoms with van der Waals surface area (Å²) in [5, 5.41) is 2.15. The van der Waals surface area contributed by atoms with E-state index in [2.05, 4.69) is 5.32 Å². The van der Waals surface area contributed by atoms with Crippen LogP contribution in [0.4, 0.5) is 19.3 Å². The van der Waals surface area contributed by atoms with E-state index in [-0.39, 0.29) is 5.69 Å². The highest BCUT2D eigenvalue weighted by molar-refractivity contribution is 7.98. The molecule has 0 heterocycles. The van der Waals surface area contributed by atoms with Crippen molar-refractivity contribution in [2.75, 3.05) is 11.6 Å². The molecule has 2 rings (SSSR count). The van der Waals surface area contributed by atoms with Gasteiger partial charge in [-0.05, 0) is 42.7 Å². The van der Waals surface area contributed by atoms with E-state index in [0.717, 1.165) is 23.1 Å². The summed E-state index contributed by atoms with van der Waals surface area (Å²) < 4.78 is 31.2. The van der Waals surface area contributed by atoms with Gasteiger partial charge in [0.05, 0.1) is 5.69 Å². The Morgan fingerprint density at radius 2 is 1.85 bits per heavy atom. The predicted octanol–water partition coefficient (Wildman–Crippen LogP) is 4.30. The van der Waals surface area contributed by atoms with Gasteiger partial charge in [0.15, 0.2) is 0 Å². The monoisotopic (exact) mass is 295 g/mol. The summed E-state index contributed by atoms with van der Waals surface area (Å²) in [6, 6.07) is 9.59. The summed E-state index contributed by atoms with van der Waals surface area (Å²) in [4.78, 5) is 12.6. The minimum Gasteiger partial charge on any atom is -0.410 e. The van der Waals surface area contributed by atoms with E-state index in [1.54, 1.807) is 36.0 Å². The Balaban J connectivity index is 2.03. The average molecular weight is 295 g/mol. The molecule has 0 radical (unpaired) electrons. The highest BCUT2D eigenvalue weighted by Crippen LogP contribution is 2.20. The molecule has 1 amide bonds. The van der Waals surface area contributed by atoms with Crippen molar-refractivity contribution in [2.24, 2.45) is 0 Å². The average Bonchev–Trinajstić information content (AvgIpc) is 2.43. The summed E-state index contributed by atoms with van der Waals surface area (Å²) in [6.45, 7) is 0. The fourth-order valence-electron chi connectivity index (χ4n) is 1.48. The number of rotatable bonds is 3. The molecule has 0 spiro atoms. The maximum absolute atomic E-state index is 13.3. The molecule has 1 N–H and O–H groups in total. The molecule has 6 heteroatoms. The van der Waals surface area contributed by atoms with Crippen LogP contribution in [-0.4, -0.2) is 12.3 Å².